The second-order valence-electron chi connectivity index (χ2n) is 6.79. The molecule has 0 saturated heterocycles. The number of hydrogen-bond acceptors (Lipinski definition) is 3. The lowest BCUT2D eigenvalue weighted by molar-refractivity contribution is -0.137. The van der Waals surface area contributed by atoms with Gasteiger partial charge in [0.1, 0.15) is 6.54 Å². The van der Waals surface area contributed by atoms with E-state index in [1.165, 1.54) is 30.3 Å². The molecule has 0 aromatic heterocycles. The number of rotatable bonds is 6. The summed E-state index contributed by atoms with van der Waals surface area (Å²) in [7, 11) is -4.31. The van der Waals surface area contributed by atoms with Gasteiger partial charge in [0.05, 0.1) is 16.1 Å². The molecule has 0 atom stereocenters. The van der Waals surface area contributed by atoms with Gasteiger partial charge in [-0.15, -0.1) is 0 Å². The molecule has 5 nitrogen and oxygen atoms in total. The number of anilines is 2. The van der Waals surface area contributed by atoms with Crippen molar-refractivity contribution < 1.29 is 26.4 Å². The highest BCUT2D eigenvalue weighted by atomic mass is 32.2. The highest BCUT2D eigenvalue weighted by Gasteiger charge is 2.33. The number of aryl methyl sites for hydroxylation is 1. The van der Waals surface area contributed by atoms with E-state index in [4.69, 9.17) is 0 Å². The first kappa shape index (κ1) is 22.4. The van der Waals surface area contributed by atoms with Gasteiger partial charge >= 0.3 is 6.18 Å². The van der Waals surface area contributed by atoms with Crippen LogP contribution in [-0.2, 0) is 21.0 Å². The molecule has 0 aliphatic rings. The summed E-state index contributed by atoms with van der Waals surface area (Å²) in [5, 5.41) is 2.57. The van der Waals surface area contributed by atoms with Gasteiger partial charge in [0.2, 0.25) is 5.91 Å². The van der Waals surface area contributed by atoms with E-state index in [9.17, 15) is 26.4 Å². The van der Waals surface area contributed by atoms with Crippen LogP contribution in [0.2, 0.25) is 0 Å². The van der Waals surface area contributed by atoms with Crippen LogP contribution in [0.3, 0.4) is 0 Å². The molecule has 1 amide bonds. The number of sulfonamides is 1. The molecular formula is C22H19F3N2O3S. The first-order chi connectivity index (χ1) is 14.6. The average molecular weight is 448 g/mol. The van der Waals surface area contributed by atoms with Crippen LogP contribution >= 0.6 is 0 Å². The third-order valence-corrected chi connectivity index (χ3v) is 6.20. The zero-order chi connectivity index (χ0) is 22.6. The molecule has 0 aliphatic carbocycles. The van der Waals surface area contributed by atoms with E-state index >= 15 is 0 Å². The number of benzene rings is 3. The number of carbonyl (C=O) groups is 1. The number of amides is 1. The van der Waals surface area contributed by atoms with Crippen molar-refractivity contribution in [2.24, 2.45) is 0 Å². The highest BCUT2D eigenvalue weighted by molar-refractivity contribution is 7.92. The molecule has 9 heteroatoms. The standard InChI is InChI=1S/C22H19F3N2O3S/c1-16-10-12-18(13-11-16)26-21(28)15-27(31(29,30)20-8-3-2-4-9-20)19-7-5-6-17(14-19)22(23,24)25/h2-14H,15H2,1H3,(H,26,28). The normalized spacial score (nSPS) is 11.7. The van der Waals surface area contributed by atoms with Crippen molar-refractivity contribution in [3.63, 3.8) is 0 Å². The SMILES string of the molecule is Cc1ccc(NC(=O)CN(c2cccc(C(F)(F)F)c2)S(=O)(=O)c2ccccc2)cc1. The predicted molar refractivity (Wildman–Crippen MR) is 112 cm³/mol. The molecule has 0 saturated carbocycles. The van der Waals surface area contributed by atoms with Crippen molar-refractivity contribution in [2.45, 2.75) is 18.0 Å². The average Bonchev–Trinajstić information content (AvgIpc) is 2.74. The summed E-state index contributed by atoms with van der Waals surface area (Å²) in [6.07, 6.45) is -4.66. The Hall–Kier alpha value is -3.33. The van der Waals surface area contributed by atoms with Crippen LogP contribution in [0.15, 0.2) is 83.8 Å². The Morgan fingerprint density at radius 1 is 0.935 bits per heavy atom. The Balaban J connectivity index is 1.99. The van der Waals surface area contributed by atoms with Gasteiger partial charge in [-0.25, -0.2) is 8.42 Å². The number of halogens is 3. The van der Waals surface area contributed by atoms with E-state index in [-0.39, 0.29) is 10.6 Å². The minimum Gasteiger partial charge on any atom is -0.325 e. The fourth-order valence-electron chi connectivity index (χ4n) is 2.84. The second kappa shape index (κ2) is 8.81. The Morgan fingerprint density at radius 2 is 1.58 bits per heavy atom. The molecule has 0 unspecified atom stereocenters. The summed E-state index contributed by atoms with van der Waals surface area (Å²) in [4.78, 5) is 12.5. The summed E-state index contributed by atoms with van der Waals surface area (Å²) >= 11 is 0. The maximum atomic E-state index is 13.2. The Bertz CT molecular complexity index is 1160. The third kappa shape index (κ3) is 5.43. The van der Waals surface area contributed by atoms with Gasteiger partial charge in [0, 0.05) is 5.69 Å². The Morgan fingerprint density at radius 3 is 2.19 bits per heavy atom. The first-order valence-corrected chi connectivity index (χ1v) is 10.6. The van der Waals surface area contributed by atoms with Gasteiger partial charge in [-0.1, -0.05) is 42.0 Å². The Labute approximate surface area is 178 Å². The van der Waals surface area contributed by atoms with Crippen LogP contribution in [-0.4, -0.2) is 20.9 Å². The summed E-state index contributed by atoms with van der Waals surface area (Å²) in [5.41, 5.74) is 0.127. The van der Waals surface area contributed by atoms with E-state index in [1.54, 1.807) is 30.3 Å². The maximum absolute atomic E-state index is 13.2. The molecule has 162 valence electrons. The number of alkyl halides is 3. The van der Waals surface area contributed by atoms with Gasteiger partial charge in [0.15, 0.2) is 0 Å². The van der Waals surface area contributed by atoms with Crippen LogP contribution in [0.1, 0.15) is 11.1 Å². The molecule has 31 heavy (non-hydrogen) atoms. The van der Waals surface area contributed by atoms with Crippen molar-refractivity contribution in [3.05, 3.63) is 90.0 Å². The van der Waals surface area contributed by atoms with Crippen molar-refractivity contribution in [1.29, 1.82) is 0 Å². The molecule has 1 N–H and O–H groups in total. The maximum Gasteiger partial charge on any atom is 0.416 e. The largest absolute Gasteiger partial charge is 0.416 e. The lowest BCUT2D eigenvalue weighted by atomic mass is 10.2. The first-order valence-electron chi connectivity index (χ1n) is 9.19. The number of carbonyl (C=O) groups excluding carboxylic acids is 1. The molecule has 0 fully saturated rings. The predicted octanol–water partition coefficient (Wildman–Crippen LogP) is 4.85. The van der Waals surface area contributed by atoms with Crippen LogP contribution in [0.4, 0.5) is 24.5 Å². The molecule has 0 radical (unpaired) electrons. The fraction of sp³-hybridized carbons (Fsp3) is 0.136. The second-order valence-corrected chi connectivity index (χ2v) is 8.65. The van der Waals surface area contributed by atoms with Crippen molar-refractivity contribution in [1.82, 2.24) is 0 Å². The van der Waals surface area contributed by atoms with Gasteiger partial charge in [0.25, 0.3) is 10.0 Å². The number of nitrogens with one attached hydrogen (secondary N) is 1. The third-order valence-electron chi connectivity index (χ3n) is 4.42. The Kier molecular flexibility index (Phi) is 6.35. The van der Waals surface area contributed by atoms with E-state index < -0.39 is 34.2 Å². The molecule has 0 spiro atoms. The minimum absolute atomic E-state index is 0.143. The number of hydrogen-bond donors (Lipinski definition) is 1. The quantitative estimate of drug-likeness (QED) is 0.586. The molecule has 3 aromatic carbocycles. The lowest BCUT2D eigenvalue weighted by Crippen LogP contribution is -2.38. The lowest BCUT2D eigenvalue weighted by Gasteiger charge is -2.25. The molecular weight excluding hydrogens is 429 g/mol. The summed E-state index contributed by atoms with van der Waals surface area (Å²) < 4.78 is 66.6. The van der Waals surface area contributed by atoms with Crippen molar-refractivity contribution in [3.8, 4) is 0 Å². The fourth-order valence-corrected chi connectivity index (χ4v) is 4.27. The van der Waals surface area contributed by atoms with Gasteiger partial charge in [-0.3, -0.25) is 9.10 Å². The molecule has 3 rings (SSSR count). The molecule has 0 aliphatic heterocycles. The number of nitrogens with zero attached hydrogens (tertiary/aromatic N) is 1. The topological polar surface area (TPSA) is 66.5 Å². The minimum atomic E-state index is -4.66. The summed E-state index contributed by atoms with van der Waals surface area (Å²) in [6.45, 7) is 1.17. The van der Waals surface area contributed by atoms with Crippen LogP contribution < -0.4 is 9.62 Å². The zero-order valence-corrected chi connectivity index (χ0v) is 17.2. The van der Waals surface area contributed by atoms with E-state index in [0.717, 1.165) is 17.7 Å². The molecule has 0 heterocycles. The van der Waals surface area contributed by atoms with Crippen LogP contribution in [0.5, 0.6) is 0 Å². The van der Waals surface area contributed by atoms with Gasteiger partial charge < -0.3 is 5.32 Å². The van der Waals surface area contributed by atoms with Crippen LogP contribution in [0.25, 0.3) is 0 Å². The van der Waals surface area contributed by atoms with Gasteiger partial charge in [-0.2, -0.15) is 13.2 Å². The van der Waals surface area contributed by atoms with Crippen LogP contribution in [0, 0.1) is 6.92 Å². The molecule has 0 bridgehead atoms. The molecule has 3 aromatic rings. The zero-order valence-electron chi connectivity index (χ0n) is 16.4. The van der Waals surface area contributed by atoms with E-state index in [1.807, 2.05) is 6.92 Å². The van der Waals surface area contributed by atoms with Crippen molar-refractivity contribution in [2.75, 3.05) is 16.2 Å². The monoisotopic (exact) mass is 448 g/mol. The van der Waals surface area contributed by atoms with Gasteiger partial charge in [-0.05, 0) is 49.4 Å². The smallest absolute Gasteiger partial charge is 0.325 e. The van der Waals surface area contributed by atoms with Crippen molar-refractivity contribution >= 4 is 27.3 Å². The van der Waals surface area contributed by atoms with E-state index in [0.29, 0.717) is 16.1 Å². The summed E-state index contributed by atoms with van der Waals surface area (Å²) in [6, 6.07) is 17.9. The highest BCUT2D eigenvalue weighted by Crippen LogP contribution is 2.33. The summed E-state index contributed by atoms with van der Waals surface area (Å²) in [5.74, 6) is -0.694. The van der Waals surface area contributed by atoms with E-state index in [2.05, 4.69) is 5.32 Å².